The van der Waals surface area contributed by atoms with Crippen molar-refractivity contribution in [2.45, 2.75) is 6.54 Å². The van der Waals surface area contributed by atoms with Crippen molar-refractivity contribution in [2.75, 3.05) is 32.8 Å². The van der Waals surface area contributed by atoms with Gasteiger partial charge in [-0.2, -0.15) is 0 Å². The Bertz CT molecular complexity index is 1360. The highest BCUT2D eigenvalue weighted by Crippen LogP contribution is 2.34. The summed E-state index contributed by atoms with van der Waals surface area (Å²) in [6.45, 7) is 2.08. The van der Waals surface area contributed by atoms with Crippen LogP contribution in [0, 0.1) is 0 Å². The summed E-state index contributed by atoms with van der Waals surface area (Å²) in [6, 6.07) is 13.2. The number of nitrogens with zero attached hydrogens (tertiary/aromatic N) is 3. The van der Waals surface area contributed by atoms with Gasteiger partial charge < -0.3 is 14.2 Å². The van der Waals surface area contributed by atoms with Gasteiger partial charge in [-0.15, -0.1) is 0 Å². The zero-order valence-electron chi connectivity index (χ0n) is 18.6. The van der Waals surface area contributed by atoms with E-state index in [2.05, 4.69) is 0 Å². The van der Waals surface area contributed by atoms with Crippen molar-refractivity contribution in [1.29, 1.82) is 0 Å². The lowest BCUT2D eigenvalue weighted by atomic mass is 10.1. The molecule has 2 saturated heterocycles. The molecule has 7 nitrogen and oxygen atoms in total. The molecule has 3 heterocycles. The smallest absolute Gasteiger partial charge is 0.294 e. The molecule has 0 aliphatic carbocycles. The van der Waals surface area contributed by atoms with Crippen LogP contribution in [0.1, 0.15) is 11.1 Å². The molecular weight excluding hydrogens is 509 g/mol. The molecule has 2 aliphatic heterocycles. The second kappa shape index (κ2) is 10.1. The molecule has 35 heavy (non-hydrogen) atoms. The molecule has 0 radical (unpaired) electrons. The molecule has 0 atom stereocenters. The second-order valence-corrected chi connectivity index (χ2v) is 10.1. The molecule has 0 N–H and O–H groups in total. The highest BCUT2D eigenvalue weighted by Gasteiger charge is 2.37. The lowest BCUT2D eigenvalue weighted by molar-refractivity contribution is -0.139. The summed E-state index contributed by atoms with van der Waals surface area (Å²) in [7, 11) is 0. The molecule has 5 rings (SSSR count). The van der Waals surface area contributed by atoms with Gasteiger partial charge in [0.25, 0.3) is 11.1 Å². The Labute approximate surface area is 216 Å². The van der Waals surface area contributed by atoms with E-state index >= 15 is 0 Å². The van der Waals surface area contributed by atoms with E-state index in [0.717, 1.165) is 38.7 Å². The Morgan fingerprint density at radius 1 is 1.09 bits per heavy atom. The third-order valence-electron chi connectivity index (χ3n) is 5.99. The van der Waals surface area contributed by atoms with Gasteiger partial charge in [0, 0.05) is 52.3 Å². The Kier molecular flexibility index (Phi) is 6.88. The van der Waals surface area contributed by atoms with Gasteiger partial charge >= 0.3 is 0 Å². The molecule has 2 fully saturated rings. The first kappa shape index (κ1) is 23.9. The normalized spacial score (nSPS) is 17.7. The molecule has 180 valence electrons. The number of rotatable bonds is 5. The van der Waals surface area contributed by atoms with Gasteiger partial charge in [-0.1, -0.05) is 47.5 Å². The van der Waals surface area contributed by atoms with Crippen molar-refractivity contribution in [3.05, 3.63) is 74.7 Å². The number of para-hydroxylation sites is 1. The zero-order valence-corrected chi connectivity index (χ0v) is 20.9. The number of fused-ring (bicyclic) bond motifs is 1. The molecule has 3 aromatic rings. The van der Waals surface area contributed by atoms with Gasteiger partial charge in [-0.3, -0.25) is 19.3 Å². The quantitative estimate of drug-likeness (QED) is 0.440. The number of carbonyl (C=O) groups is 3. The molecule has 10 heteroatoms. The van der Waals surface area contributed by atoms with Crippen LogP contribution in [-0.2, 0) is 20.9 Å². The van der Waals surface area contributed by atoms with Crippen molar-refractivity contribution in [2.24, 2.45) is 0 Å². The Morgan fingerprint density at radius 3 is 2.63 bits per heavy atom. The largest absolute Gasteiger partial charge is 0.378 e. The van der Waals surface area contributed by atoms with Crippen molar-refractivity contribution in [3.63, 3.8) is 0 Å². The number of halogens is 2. The summed E-state index contributed by atoms with van der Waals surface area (Å²) in [4.78, 5) is 41.1. The molecular formula is C25H21Cl2N3O4S. The molecule has 2 aliphatic rings. The number of thioether (sulfide) groups is 1. The average Bonchev–Trinajstić information content (AvgIpc) is 3.33. The van der Waals surface area contributed by atoms with Gasteiger partial charge in [0.15, 0.2) is 0 Å². The molecule has 0 spiro atoms. The summed E-state index contributed by atoms with van der Waals surface area (Å²) >= 11 is 13.3. The summed E-state index contributed by atoms with van der Waals surface area (Å²) in [5.41, 5.74) is 2.67. The third-order valence-corrected chi connectivity index (χ3v) is 7.49. The summed E-state index contributed by atoms with van der Waals surface area (Å²) in [5.74, 6) is -0.715. The molecule has 2 aromatic carbocycles. The number of hydrogen-bond acceptors (Lipinski definition) is 5. The number of morpholine rings is 1. The number of imide groups is 1. The fourth-order valence-electron chi connectivity index (χ4n) is 4.18. The number of aromatic nitrogens is 1. The Morgan fingerprint density at radius 2 is 1.86 bits per heavy atom. The minimum Gasteiger partial charge on any atom is -0.378 e. The lowest BCUT2D eigenvalue weighted by Crippen LogP contribution is -2.46. The van der Waals surface area contributed by atoms with Crippen LogP contribution in [0.5, 0.6) is 0 Å². The van der Waals surface area contributed by atoms with Crippen LogP contribution in [0.3, 0.4) is 0 Å². The minimum atomic E-state index is -0.459. The van der Waals surface area contributed by atoms with Gasteiger partial charge in [0.2, 0.25) is 5.91 Å². The first-order chi connectivity index (χ1) is 16.9. The highest BCUT2D eigenvalue weighted by molar-refractivity contribution is 8.18. The SMILES string of the molecule is O=C(CN1C(=O)S/C(=C/c2cn(Cc3ccc(Cl)cc3Cl)c3ccccc23)C1=O)N1CCOCC1. The fraction of sp³-hybridized carbons (Fsp3) is 0.240. The van der Waals surface area contributed by atoms with E-state index in [1.54, 1.807) is 23.1 Å². The maximum atomic E-state index is 13.0. The van der Waals surface area contributed by atoms with E-state index in [1.165, 1.54) is 0 Å². The summed E-state index contributed by atoms with van der Waals surface area (Å²) in [5, 5.41) is 1.64. The van der Waals surface area contributed by atoms with Crippen molar-refractivity contribution in [1.82, 2.24) is 14.4 Å². The van der Waals surface area contributed by atoms with Crippen LogP contribution in [0.15, 0.2) is 53.6 Å². The van der Waals surface area contributed by atoms with E-state index < -0.39 is 11.1 Å². The van der Waals surface area contributed by atoms with Crippen LogP contribution in [0.4, 0.5) is 4.79 Å². The topological polar surface area (TPSA) is 71.9 Å². The number of benzene rings is 2. The Hall–Kier alpha value is -2.78. The van der Waals surface area contributed by atoms with Crippen molar-refractivity contribution < 1.29 is 19.1 Å². The number of ether oxygens (including phenoxy) is 1. The maximum Gasteiger partial charge on any atom is 0.294 e. The molecule has 3 amide bonds. The number of amides is 3. The van der Waals surface area contributed by atoms with Crippen LogP contribution in [0.2, 0.25) is 10.0 Å². The van der Waals surface area contributed by atoms with Gasteiger partial charge in [0.1, 0.15) is 6.54 Å². The fourth-order valence-corrected chi connectivity index (χ4v) is 5.48. The van der Waals surface area contributed by atoms with Gasteiger partial charge in [0.05, 0.1) is 18.1 Å². The molecule has 0 unspecified atom stereocenters. The molecule has 0 bridgehead atoms. The minimum absolute atomic E-state index is 0.256. The van der Waals surface area contributed by atoms with Crippen LogP contribution in [-0.4, -0.2) is 64.3 Å². The highest BCUT2D eigenvalue weighted by atomic mass is 35.5. The predicted molar refractivity (Wildman–Crippen MR) is 138 cm³/mol. The van der Waals surface area contributed by atoms with E-state index in [-0.39, 0.29) is 17.4 Å². The van der Waals surface area contributed by atoms with Crippen LogP contribution >= 0.6 is 35.0 Å². The first-order valence-electron chi connectivity index (χ1n) is 11.0. The number of carbonyl (C=O) groups excluding carboxylic acids is 3. The monoisotopic (exact) mass is 529 g/mol. The maximum absolute atomic E-state index is 13.0. The zero-order chi connectivity index (χ0) is 24.5. The Balaban J connectivity index is 1.41. The van der Waals surface area contributed by atoms with Crippen molar-refractivity contribution in [3.8, 4) is 0 Å². The van der Waals surface area contributed by atoms with Gasteiger partial charge in [-0.05, 0) is 41.6 Å². The molecule has 0 saturated carbocycles. The number of hydrogen-bond donors (Lipinski definition) is 0. The van der Waals surface area contributed by atoms with Crippen LogP contribution in [0.25, 0.3) is 17.0 Å². The first-order valence-corrected chi connectivity index (χ1v) is 12.6. The summed E-state index contributed by atoms with van der Waals surface area (Å²) in [6.07, 6.45) is 3.65. The third kappa shape index (κ3) is 4.97. The lowest BCUT2D eigenvalue weighted by Gasteiger charge is -2.28. The van der Waals surface area contributed by atoms with Gasteiger partial charge in [-0.25, -0.2) is 0 Å². The van der Waals surface area contributed by atoms with E-state index in [0.29, 0.717) is 42.9 Å². The van der Waals surface area contributed by atoms with Crippen LogP contribution < -0.4 is 0 Å². The van der Waals surface area contributed by atoms with E-state index in [9.17, 15) is 14.4 Å². The van der Waals surface area contributed by atoms with E-state index in [1.807, 2.05) is 41.1 Å². The standard InChI is InChI=1S/C25H21Cl2N3O4S/c26-18-6-5-16(20(27)12-18)13-29-14-17(19-3-1-2-4-21(19)29)11-22-24(32)30(25(33)35-22)15-23(31)28-7-9-34-10-8-28/h1-6,11-12,14H,7-10,13,15H2/b22-11+. The average molecular weight is 530 g/mol. The van der Waals surface area contributed by atoms with Crippen molar-refractivity contribution >= 4 is 69.0 Å². The second-order valence-electron chi connectivity index (χ2n) is 8.23. The predicted octanol–water partition coefficient (Wildman–Crippen LogP) is 4.89. The summed E-state index contributed by atoms with van der Waals surface area (Å²) < 4.78 is 7.31. The molecule has 1 aromatic heterocycles. The van der Waals surface area contributed by atoms with E-state index in [4.69, 9.17) is 27.9 Å².